The van der Waals surface area contributed by atoms with E-state index in [0.29, 0.717) is 47.7 Å². The van der Waals surface area contributed by atoms with E-state index in [4.69, 9.17) is 23.2 Å². The molecule has 0 radical (unpaired) electrons. The van der Waals surface area contributed by atoms with E-state index in [1.54, 1.807) is 59.6 Å². The van der Waals surface area contributed by atoms with E-state index in [2.05, 4.69) is 15.0 Å². The second-order valence-corrected chi connectivity index (χ2v) is 9.52. The van der Waals surface area contributed by atoms with Crippen molar-refractivity contribution in [3.05, 3.63) is 103 Å². The maximum absolute atomic E-state index is 12.2. The van der Waals surface area contributed by atoms with Crippen molar-refractivity contribution in [2.45, 2.75) is 5.60 Å². The third-order valence-corrected chi connectivity index (χ3v) is 6.94. The monoisotopic (exact) mass is 482 g/mol. The zero-order chi connectivity index (χ0) is 22.5. The second-order valence-electron chi connectivity index (χ2n) is 7.37. The third kappa shape index (κ3) is 3.43. The van der Waals surface area contributed by atoms with Crippen LogP contribution in [0.15, 0.2) is 71.9 Å². The van der Waals surface area contributed by atoms with Gasteiger partial charge in [-0.15, -0.1) is 11.3 Å². The van der Waals surface area contributed by atoms with E-state index in [0.717, 1.165) is 0 Å². The SMILES string of the molecule is Cn1cncc1C(O)(c1ccc2[nH]c(=O)nc(-c3cccc(Cl)c3)c2c1)c1ccc(Cl)s1. The van der Waals surface area contributed by atoms with Gasteiger partial charge in [-0.2, -0.15) is 4.98 Å². The van der Waals surface area contributed by atoms with Gasteiger partial charge in [0.05, 0.1) is 33.8 Å². The number of fused-ring (bicyclic) bond motifs is 1. The van der Waals surface area contributed by atoms with Gasteiger partial charge in [0, 0.05) is 27.9 Å². The average molecular weight is 483 g/mol. The van der Waals surface area contributed by atoms with Crippen LogP contribution in [0.25, 0.3) is 22.2 Å². The number of halogens is 2. The summed E-state index contributed by atoms with van der Waals surface area (Å²) in [6, 6.07) is 16.1. The number of hydrogen-bond donors (Lipinski definition) is 2. The van der Waals surface area contributed by atoms with Crippen molar-refractivity contribution in [1.82, 2.24) is 19.5 Å². The van der Waals surface area contributed by atoms with Crippen LogP contribution in [0, 0.1) is 0 Å². The topological polar surface area (TPSA) is 83.8 Å². The third-order valence-electron chi connectivity index (χ3n) is 5.36. The lowest BCUT2D eigenvalue weighted by Gasteiger charge is -2.28. The molecule has 0 spiro atoms. The number of H-pyrrole nitrogens is 1. The van der Waals surface area contributed by atoms with Crippen LogP contribution in [-0.4, -0.2) is 24.6 Å². The van der Waals surface area contributed by atoms with Gasteiger partial charge >= 0.3 is 5.69 Å². The molecule has 3 heterocycles. The lowest BCUT2D eigenvalue weighted by atomic mass is 9.87. The molecule has 0 saturated carbocycles. The van der Waals surface area contributed by atoms with Crippen molar-refractivity contribution in [1.29, 1.82) is 0 Å². The minimum absolute atomic E-state index is 0.466. The summed E-state index contributed by atoms with van der Waals surface area (Å²) in [7, 11) is 1.82. The Balaban J connectivity index is 1.81. The van der Waals surface area contributed by atoms with Gasteiger partial charge in [-0.1, -0.05) is 41.4 Å². The first kappa shape index (κ1) is 20.9. The Labute approximate surface area is 196 Å². The Morgan fingerprint density at radius 1 is 1.12 bits per heavy atom. The number of rotatable bonds is 4. The zero-order valence-corrected chi connectivity index (χ0v) is 19.0. The van der Waals surface area contributed by atoms with Crippen molar-refractivity contribution in [3.8, 4) is 11.3 Å². The molecule has 0 aliphatic heterocycles. The number of aryl methyl sites for hydroxylation is 1. The Morgan fingerprint density at radius 3 is 2.66 bits per heavy atom. The highest BCUT2D eigenvalue weighted by Gasteiger charge is 2.38. The molecule has 32 heavy (non-hydrogen) atoms. The van der Waals surface area contributed by atoms with Crippen molar-refractivity contribution in [2.75, 3.05) is 0 Å². The molecule has 6 nitrogen and oxygen atoms in total. The van der Waals surface area contributed by atoms with Crippen LogP contribution in [0.2, 0.25) is 9.36 Å². The van der Waals surface area contributed by atoms with Crippen LogP contribution >= 0.6 is 34.5 Å². The summed E-state index contributed by atoms with van der Waals surface area (Å²) in [5, 5.41) is 13.3. The second kappa shape index (κ2) is 7.86. The number of imidazole rings is 1. The van der Waals surface area contributed by atoms with E-state index >= 15 is 0 Å². The number of nitrogens with zero attached hydrogens (tertiary/aromatic N) is 3. The van der Waals surface area contributed by atoms with Gasteiger partial charge in [0.25, 0.3) is 0 Å². The van der Waals surface area contributed by atoms with Crippen LogP contribution in [0.3, 0.4) is 0 Å². The Hall–Kier alpha value is -2.97. The lowest BCUT2D eigenvalue weighted by molar-refractivity contribution is 0.121. The molecule has 0 aliphatic rings. The summed E-state index contributed by atoms with van der Waals surface area (Å²) >= 11 is 13.7. The first-order chi connectivity index (χ1) is 15.4. The van der Waals surface area contributed by atoms with Gasteiger partial charge in [0.1, 0.15) is 0 Å². The molecule has 2 N–H and O–H groups in total. The largest absolute Gasteiger partial charge is 0.374 e. The van der Waals surface area contributed by atoms with Gasteiger partial charge in [-0.25, -0.2) is 9.78 Å². The maximum atomic E-state index is 12.2. The molecular weight excluding hydrogens is 467 g/mol. The molecule has 160 valence electrons. The van der Waals surface area contributed by atoms with E-state index < -0.39 is 11.3 Å². The predicted octanol–water partition coefficient (Wildman–Crippen LogP) is 4.98. The fourth-order valence-electron chi connectivity index (χ4n) is 3.87. The van der Waals surface area contributed by atoms with Crippen LogP contribution < -0.4 is 5.69 Å². The fourth-order valence-corrected chi connectivity index (χ4v) is 5.22. The fraction of sp³-hybridized carbons (Fsp3) is 0.0870. The molecule has 1 atom stereocenters. The van der Waals surface area contributed by atoms with E-state index in [1.165, 1.54) is 11.3 Å². The molecular formula is C23H16Cl2N4O2S. The summed E-state index contributed by atoms with van der Waals surface area (Å²) in [5.74, 6) is 0. The van der Waals surface area contributed by atoms with Crippen LogP contribution in [0.5, 0.6) is 0 Å². The molecule has 1 unspecified atom stereocenters. The maximum Gasteiger partial charge on any atom is 0.345 e. The van der Waals surface area contributed by atoms with Gasteiger partial charge < -0.3 is 14.7 Å². The molecule has 0 amide bonds. The Morgan fingerprint density at radius 2 is 1.97 bits per heavy atom. The van der Waals surface area contributed by atoms with Crippen molar-refractivity contribution in [3.63, 3.8) is 0 Å². The lowest BCUT2D eigenvalue weighted by Crippen LogP contribution is -2.30. The minimum atomic E-state index is -1.51. The summed E-state index contributed by atoms with van der Waals surface area (Å²) in [5.41, 5.74) is 0.964. The summed E-state index contributed by atoms with van der Waals surface area (Å²) in [6.07, 6.45) is 3.26. The molecule has 5 rings (SSSR count). The minimum Gasteiger partial charge on any atom is -0.374 e. The van der Waals surface area contributed by atoms with E-state index in [-0.39, 0.29) is 0 Å². The number of benzene rings is 2. The summed E-state index contributed by atoms with van der Waals surface area (Å²) < 4.78 is 2.33. The molecule has 5 aromatic rings. The Bertz CT molecular complexity index is 1520. The van der Waals surface area contributed by atoms with Crippen LogP contribution in [-0.2, 0) is 12.6 Å². The highest BCUT2D eigenvalue weighted by Crippen LogP contribution is 2.42. The van der Waals surface area contributed by atoms with E-state index in [1.807, 2.05) is 19.2 Å². The molecule has 9 heteroatoms. The van der Waals surface area contributed by atoms with Crippen LogP contribution in [0.4, 0.5) is 0 Å². The van der Waals surface area contributed by atoms with Crippen LogP contribution in [0.1, 0.15) is 16.1 Å². The number of aliphatic hydroxyl groups is 1. The van der Waals surface area contributed by atoms with Crippen molar-refractivity contribution in [2.24, 2.45) is 7.05 Å². The number of aromatic nitrogens is 4. The molecule has 0 saturated heterocycles. The Kier molecular flexibility index (Phi) is 5.14. The summed E-state index contributed by atoms with van der Waals surface area (Å²) in [4.78, 5) is 24.0. The molecule has 3 aromatic heterocycles. The number of thiophene rings is 1. The first-order valence-electron chi connectivity index (χ1n) is 9.62. The zero-order valence-electron chi connectivity index (χ0n) is 16.7. The van der Waals surface area contributed by atoms with E-state index in [9.17, 15) is 9.90 Å². The van der Waals surface area contributed by atoms with Gasteiger partial charge in [0.15, 0.2) is 5.60 Å². The normalized spacial score (nSPS) is 13.4. The smallest absolute Gasteiger partial charge is 0.345 e. The van der Waals surface area contributed by atoms with Gasteiger partial charge in [-0.3, -0.25) is 0 Å². The molecule has 0 aliphatic carbocycles. The highest BCUT2D eigenvalue weighted by atomic mass is 35.5. The number of nitrogens with one attached hydrogen (secondary N) is 1. The molecule has 2 aromatic carbocycles. The van der Waals surface area contributed by atoms with Crippen molar-refractivity contribution >= 4 is 45.4 Å². The quantitative estimate of drug-likeness (QED) is 0.378. The standard InChI is InChI=1S/C23H16Cl2N4O2S/c1-29-12-26-11-18(29)23(31,19-7-8-20(25)32-19)14-5-6-17-16(10-14)21(28-22(30)27-17)13-3-2-4-15(24)9-13/h2-12,31H,1H3,(H,27,28,30). The molecule has 0 fully saturated rings. The number of hydrogen-bond acceptors (Lipinski definition) is 5. The average Bonchev–Trinajstić information content (AvgIpc) is 3.41. The van der Waals surface area contributed by atoms with Gasteiger partial charge in [-0.05, 0) is 42.0 Å². The predicted molar refractivity (Wildman–Crippen MR) is 127 cm³/mol. The summed E-state index contributed by atoms with van der Waals surface area (Å²) in [6.45, 7) is 0. The molecule has 0 bridgehead atoms. The number of aromatic amines is 1. The highest BCUT2D eigenvalue weighted by molar-refractivity contribution is 7.16. The first-order valence-corrected chi connectivity index (χ1v) is 11.2. The van der Waals surface area contributed by atoms with Crippen molar-refractivity contribution < 1.29 is 5.11 Å². The van der Waals surface area contributed by atoms with Gasteiger partial charge in [0.2, 0.25) is 0 Å².